The molecule has 3 aromatic carbocycles. The van der Waals surface area contributed by atoms with Crippen molar-refractivity contribution in [3.8, 4) is 22.6 Å². The molecular formula is C26H24ClN3O2. The molecule has 1 aromatic heterocycles. The van der Waals surface area contributed by atoms with Crippen LogP contribution in [0.2, 0.25) is 5.02 Å². The van der Waals surface area contributed by atoms with Crippen molar-refractivity contribution in [1.29, 1.82) is 0 Å². The summed E-state index contributed by atoms with van der Waals surface area (Å²) in [6.45, 7) is 2.44. The van der Waals surface area contributed by atoms with Crippen molar-refractivity contribution >= 4 is 17.7 Å². The van der Waals surface area contributed by atoms with Crippen LogP contribution in [0.1, 0.15) is 24.6 Å². The van der Waals surface area contributed by atoms with Crippen LogP contribution in [0, 0.1) is 0 Å². The van der Waals surface area contributed by atoms with Crippen LogP contribution in [-0.4, -0.2) is 15.9 Å². The van der Waals surface area contributed by atoms with Crippen molar-refractivity contribution in [3.63, 3.8) is 0 Å². The number of nitrogens with zero attached hydrogens (tertiary/aromatic N) is 2. The lowest BCUT2D eigenvalue weighted by atomic mass is 10.0. The standard InChI is InChI=1S/C26H24ClN3O2/c1-2-7-24-25(18-29-30(24)23-14-12-22(27)13-15-23)32-26(31)28-17-19-8-6-11-21(16-19)20-9-4-3-5-10-20/h3-6,8-16,18H,2,7,17H2,1H3,(H,28,31). The van der Waals surface area contributed by atoms with E-state index in [0.717, 1.165) is 40.9 Å². The van der Waals surface area contributed by atoms with Crippen LogP contribution in [0.5, 0.6) is 5.75 Å². The largest absolute Gasteiger partial charge is 0.412 e. The van der Waals surface area contributed by atoms with Crippen LogP contribution in [0.3, 0.4) is 0 Å². The molecule has 0 fully saturated rings. The lowest BCUT2D eigenvalue weighted by Crippen LogP contribution is -2.26. The van der Waals surface area contributed by atoms with Gasteiger partial charge in [-0.1, -0.05) is 73.5 Å². The quantitative estimate of drug-likeness (QED) is 0.356. The SMILES string of the molecule is CCCc1c(OC(=O)NCc2cccc(-c3ccccc3)c2)cnn1-c1ccc(Cl)cc1. The summed E-state index contributed by atoms with van der Waals surface area (Å²) < 4.78 is 7.38. The molecule has 5 nitrogen and oxygen atoms in total. The van der Waals surface area contributed by atoms with E-state index in [9.17, 15) is 4.79 Å². The Morgan fingerprint density at radius 1 is 1.00 bits per heavy atom. The summed E-state index contributed by atoms with van der Waals surface area (Å²) in [5, 5.41) is 7.91. The van der Waals surface area contributed by atoms with Crippen molar-refractivity contribution in [2.24, 2.45) is 0 Å². The van der Waals surface area contributed by atoms with E-state index < -0.39 is 6.09 Å². The Bertz CT molecular complexity index is 1190. The monoisotopic (exact) mass is 445 g/mol. The van der Waals surface area contributed by atoms with Crippen LogP contribution in [0.25, 0.3) is 16.8 Å². The Labute approximate surface area is 192 Å². The minimum Gasteiger partial charge on any atom is -0.407 e. The lowest BCUT2D eigenvalue weighted by molar-refractivity contribution is 0.199. The highest BCUT2D eigenvalue weighted by Crippen LogP contribution is 2.24. The molecule has 0 aliphatic carbocycles. The normalized spacial score (nSPS) is 10.7. The first-order valence-corrected chi connectivity index (χ1v) is 10.9. The topological polar surface area (TPSA) is 56.1 Å². The molecule has 4 aromatic rings. The predicted molar refractivity (Wildman–Crippen MR) is 127 cm³/mol. The Morgan fingerprint density at radius 3 is 2.50 bits per heavy atom. The molecule has 162 valence electrons. The smallest absolute Gasteiger partial charge is 0.407 e. The van der Waals surface area contributed by atoms with Gasteiger partial charge in [-0.2, -0.15) is 5.10 Å². The highest BCUT2D eigenvalue weighted by atomic mass is 35.5. The van der Waals surface area contributed by atoms with Crippen LogP contribution in [0.15, 0.2) is 85.1 Å². The first kappa shape index (κ1) is 21.7. The summed E-state index contributed by atoms with van der Waals surface area (Å²) in [6, 6.07) is 25.6. The van der Waals surface area contributed by atoms with Gasteiger partial charge >= 0.3 is 6.09 Å². The molecule has 0 unspecified atom stereocenters. The molecule has 1 amide bonds. The molecule has 0 saturated carbocycles. The van der Waals surface area contributed by atoms with E-state index in [1.54, 1.807) is 10.9 Å². The average Bonchev–Trinajstić information content (AvgIpc) is 3.21. The Kier molecular flexibility index (Phi) is 6.87. The maximum Gasteiger partial charge on any atom is 0.412 e. The minimum absolute atomic E-state index is 0.369. The van der Waals surface area contributed by atoms with Gasteiger partial charge in [-0.15, -0.1) is 0 Å². The summed E-state index contributed by atoms with van der Waals surface area (Å²) >= 11 is 6.00. The summed E-state index contributed by atoms with van der Waals surface area (Å²) in [7, 11) is 0. The van der Waals surface area contributed by atoms with Gasteiger partial charge in [0.1, 0.15) is 0 Å². The molecule has 4 rings (SSSR count). The van der Waals surface area contributed by atoms with Gasteiger partial charge in [0.2, 0.25) is 0 Å². The van der Waals surface area contributed by atoms with Crippen molar-refractivity contribution in [2.75, 3.05) is 0 Å². The fourth-order valence-corrected chi connectivity index (χ4v) is 3.64. The van der Waals surface area contributed by atoms with Crippen molar-refractivity contribution in [1.82, 2.24) is 15.1 Å². The molecule has 0 aliphatic rings. The number of hydrogen-bond donors (Lipinski definition) is 1. The van der Waals surface area contributed by atoms with Crippen LogP contribution < -0.4 is 10.1 Å². The zero-order valence-corrected chi connectivity index (χ0v) is 18.5. The zero-order chi connectivity index (χ0) is 22.3. The van der Waals surface area contributed by atoms with E-state index in [1.807, 2.05) is 54.6 Å². The van der Waals surface area contributed by atoms with Gasteiger partial charge < -0.3 is 10.1 Å². The minimum atomic E-state index is -0.511. The van der Waals surface area contributed by atoms with E-state index in [2.05, 4.69) is 41.6 Å². The molecule has 0 aliphatic heterocycles. The molecule has 1 heterocycles. The molecular weight excluding hydrogens is 422 g/mol. The van der Waals surface area contributed by atoms with Gasteiger partial charge in [-0.3, -0.25) is 0 Å². The summed E-state index contributed by atoms with van der Waals surface area (Å²) in [6.07, 6.45) is 2.69. The van der Waals surface area contributed by atoms with Crippen molar-refractivity contribution < 1.29 is 9.53 Å². The van der Waals surface area contributed by atoms with Crippen LogP contribution >= 0.6 is 11.6 Å². The number of hydrogen-bond acceptors (Lipinski definition) is 3. The number of carbonyl (C=O) groups excluding carboxylic acids is 1. The predicted octanol–water partition coefficient (Wildman–Crippen LogP) is 6.43. The fourth-order valence-electron chi connectivity index (χ4n) is 3.52. The molecule has 0 radical (unpaired) electrons. The average molecular weight is 446 g/mol. The second-order valence-corrected chi connectivity index (χ2v) is 7.84. The van der Waals surface area contributed by atoms with Crippen LogP contribution in [0.4, 0.5) is 4.79 Å². The van der Waals surface area contributed by atoms with Gasteiger partial charge in [0.05, 0.1) is 17.6 Å². The van der Waals surface area contributed by atoms with Crippen molar-refractivity contribution in [3.05, 3.63) is 101 Å². The number of benzene rings is 3. The second-order valence-electron chi connectivity index (χ2n) is 7.40. The van der Waals surface area contributed by atoms with Gasteiger partial charge in [-0.05, 0) is 53.4 Å². The summed E-state index contributed by atoms with van der Waals surface area (Å²) in [5.41, 5.74) is 4.94. The third-order valence-electron chi connectivity index (χ3n) is 5.06. The zero-order valence-electron chi connectivity index (χ0n) is 17.8. The molecule has 0 bridgehead atoms. The highest BCUT2D eigenvalue weighted by molar-refractivity contribution is 6.30. The van der Waals surface area contributed by atoms with Gasteiger partial charge in [-0.25, -0.2) is 9.48 Å². The second kappa shape index (κ2) is 10.2. The first-order valence-electron chi connectivity index (χ1n) is 10.6. The molecule has 0 atom stereocenters. The van der Waals surface area contributed by atoms with E-state index in [0.29, 0.717) is 17.3 Å². The molecule has 6 heteroatoms. The first-order chi connectivity index (χ1) is 15.6. The molecule has 1 N–H and O–H groups in total. The number of nitrogens with one attached hydrogen (secondary N) is 1. The maximum absolute atomic E-state index is 12.5. The number of rotatable bonds is 7. The number of amides is 1. The number of aromatic nitrogens is 2. The van der Waals surface area contributed by atoms with E-state index in [4.69, 9.17) is 16.3 Å². The number of ether oxygens (including phenoxy) is 1. The Balaban J connectivity index is 1.44. The highest BCUT2D eigenvalue weighted by Gasteiger charge is 2.16. The summed E-state index contributed by atoms with van der Waals surface area (Å²) in [5.74, 6) is 0.456. The van der Waals surface area contributed by atoms with E-state index >= 15 is 0 Å². The fraction of sp³-hybridized carbons (Fsp3) is 0.154. The molecule has 32 heavy (non-hydrogen) atoms. The molecule has 0 spiro atoms. The number of carbonyl (C=O) groups is 1. The molecule has 0 saturated heterocycles. The number of halogens is 1. The lowest BCUT2D eigenvalue weighted by Gasteiger charge is -2.10. The third-order valence-corrected chi connectivity index (χ3v) is 5.31. The van der Waals surface area contributed by atoms with Gasteiger partial charge in [0, 0.05) is 11.6 Å². The van der Waals surface area contributed by atoms with Gasteiger partial charge in [0.15, 0.2) is 5.75 Å². The van der Waals surface area contributed by atoms with Gasteiger partial charge in [0.25, 0.3) is 0 Å². The Hall–Kier alpha value is -3.57. The van der Waals surface area contributed by atoms with E-state index in [-0.39, 0.29) is 0 Å². The Morgan fingerprint density at radius 2 is 1.75 bits per heavy atom. The summed E-state index contributed by atoms with van der Waals surface area (Å²) in [4.78, 5) is 12.5. The van der Waals surface area contributed by atoms with Crippen LogP contribution in [-0.2, 0) is 13.0 Å². The third kappa shape index (κ3) is 5.18. The van der Waals surface area contributed by atoms with Crippen molar-refractivity contribution in [2.45, 2.75) is 26.3 Å². The van der Waals surface area contributed by atoms with E-state index in [1.165, 1.54) is 0 Å². The maximum atomic E-state index is 12.5.